The first-order valence-electron chi connectivity index (χ1n) is 6.41. The van der Waals surface area contributed by atoms with Crippen LogP contribution < -0.4 is 5.73 Å². The number of aryl methyl sites for hydroxylation is 1. The molecule has 0 saturated carbocycles. The SMILES string of the molecule is CCCc1nc(N)sc1Cc1ccc(Cl)c(C(F)(F)F)c1. The van der Waals surface area contributed by atoms with Crippen LogP contribution in [0.4, 0.5) is 18.3 Å². The Kier molecular flexibility index (Phi) is 4.78. The van der Waals surface area contributed by atoms with Crippen molar-refractivity contribution in [2.24, 2.45) is 0 Å². The largest absolute Gasteiger partial charge is 0.417 e. The van der Waals surface area contributed by atoms with Gasteiger partial charge in [-0.2, -0.15) is 13.2 Å². The molecule has 0 amide bonds. The predicted molar refractivity (Wildman–Crippen MR) is 79.8 cm³/mol. The molecule has 0 fully saturated rings. The monoisotopic (exact) mass is 334 g/mol. The zero-order valence-electron chi connectivity index (χ0n) is 11.3. The van der Waals surface area contributed by atoms with Crippen molar-refractivity contribution in [1.82, 2.24) is 4.98 Å². The lowest BCUT2D eigenvalue weighted by Crippen LogP contribution is -2.06. The maximum Gasteiger partial charge on any atom is 0.417 e. The number of halogens is 4. The first-order chi connectivity index (χ1) is 9.81. The Hall–Kier alpha value is -1.27. The van der Waals surface area contributed by atoms with Gasteiger partial charge in [0.05, 0.1) is 16.3 Å². The van der Waals surface area contributed by atoms with E-state index in [9.17, 15) is 13.2 Å². The maximum atomic E-state index is 12.9. The van der Waals surface area contributed by atoms with Gasteiger partial charge in [0.15, 0.2) is 5.13 Å². The summed E-state index contributed by atoms with van der Waals surface area (Å²) in [4.78, 5) is 5.14. The Morgan fingerprint density at radius 2 is 2.05 bits per heavy atom. The molecule has 2 nitrogen and oxygen atoms in total. The second kappa shape index (κ2) is 6.23. The van der Waals surface area contributed by atoms with Crippen LogP contribution in [-0.4, -0.2) is 4.98 Å². The van der Waals surface area contributed by atoms with Crippen LogP contribution in [0.1, 0.15) is 35.0 Å². The van der Waals surface area contributed by atoms with Crippen molar-refractivity contribution >= 4 is 28.1 Å². The standard InChI is InChI=1S/C14H14ClF3N2S/c1-2-3-11-12(21-13(19)20-11)7-8-4-5-10(15)9(6-8)14(16,17)18/h4-6H,2-3,7H2,1H3,(H2,19,20). The van der Waals surface area contributed by atoms with E-state index in [1.807, 2.05) is 6.92 Å². The average molecular weight is 335 g/mol. The molecular formula is C14H14ClF3N2S. The Balaban J connectivity index is 2.32. The van der Waals surface area contributed by atoms with Gasteiger partial charge in [-0.15, -0.1) is 11.3 Å². The van der Waals surface area contributed by atoms with Gasteiger partial charge in [0.25, 0.3) is 0 Å². The molecule has 0 saturated heterocycles. The second-order valence-electron chi connectivity index (χ2n) is 4.66. The minimum absolute atomic E-state index is 0.288. The molecule has 21 heavy (non-hydrogen) atoms. The van der Waals surface area contributed by atoms with Gasteiger partial charge in [0.1, 0.15) is 0 Å². The minimum atomic E-state index is -4.45. The number of nitrogens with two attached hydrogens (primary N) is 1. The molecular weight excluding hydrogens is 321 g/mol. The van der Waals surface area contributed by atoms with E-state index in [0.29, 0.717) is 17.1 Å². The number of rotatable bonds is 4. The second-order valence-corrected chi connectivity index (χ2v) is 6.18. The van der Waals surface area contributed by atoms with Gasteiger partial charge < -0.3 is 5.73 Å². The molecule has 0 spiro atoms. The smallest absolute Gasteiger partial charge is 0.375 e. The Morgan fingerprint density at radius 1 is 1.33 bits per heavy atom. The lowest BCUT2D eigenvalue weighted by molar-refractivity contribution is -0.137. The molecule has 114 valence electrons. The summed E-state index contributed by atoms with van der Waals surface area (Å²) < 4.78 is 38.6. The third-order valence-corrected chi connectivity index (χ3v) is 4.24. The van der Waals surface area contributed by atoms with E-state index in [0.717, 1.165) is 29.5 Å². The van der Waals surface area contributed by atoms with E-state index in [1.165, 1.54) is 17.4 Å². The molecule has 0 atom stereocenters. The summed E-state index contributed by atoms with van der Waals surface area (Å²) in [5, 5.41) is 0.155. The Labute approximate surface area is 129 Å². The molecule has 0 bridgehead atoms. The van der Waals surface area contributed by atoms with Crippen molar-refractivity contribution in [3.63, 3.8) is 0 Å². The van der Waals surface area contributed by atoms with E-state index >= 15 is 0 Å². The van der Waals surface area contributed by atoms with Gasteiger partial charge in [-0.05, 0) is 24.1 Å². The summed E-state index contributed by atoms with van der Waals surface area (Å²) in [5.74, 6) is 0. The number of aromatic nitrogens is 1. The van der Waals surface area contributed by atoms with Crippen LogP contribution in [0.15, 0.2) is 18.2 Å². The number of alkyl halides is 3. The number of nitrogen functional groups attached to an aromatic ring is 1. The summed E-state index contributed by atoms with van der Waals surface area (Å²) in [7, 11) is 0. The van der Waals surface area contributed by atoms with E-state index in [2.05, 4.69) is 4.98 Å². The van der Waals surface area contributed by atoms with Crippen LogP contribution in [0.3, 0.4) is 0 Å². The van der Waals surface area contributed by atoms with Crippen molar-refractivity contribution in [2.45, 2.75) is 32.4 Å². The molecule has 0 aliphatic heterocycles. The summed E-state index contributed by atoms with van der Waals surface area (Å²) in [6.07, 6.45) is -2.40. The molecule has 2 aromatic rings. The van der Waals surface area contributed by atoms with Crippen molar-refractivity contribution in [1.29, 1.82) is 0 Å². The fraction of sp³-hybridized carbons (Fsp3) is 0.357. The molecule has 0 unspecified atom stereocenters. The zero-order chi connectivity index (χ0) is 15.6. The normalized spacial score (nSPS) is 11.9. The van der Waals surface area contributed by atoms with Gasteiger partial charge in [0.2, 0.25) is 0 Å². The van der Waals surface area contributed by atoms with E-state index in [4.69, 9.17) is 17.3 Å². The fourth-order valence-corrected chi connectivity index (χ4v) is 3.20. The fourth-order valence-electron chi connectivity index (χ4n) is 2.06. The average Bonchev–Trinajstić information content (AvgIpc) is 2.71. The Morgan fingerprint density at radius 3 is 2.67 bits per heavy atom. The van der Waals surface area contributed by atoms with Crippen LogP contribution in [0, 0.1) is 0 Å². The van der Waals surface area contributed by atoms with Crippen LogP contribution in [0.5, 0.6) is 0 Å². The molecule has 0 aliphatic rings. The van der Waals surface area contributed by atoms with Gasteiger partial charge in [-0.3, -0.25) is 0 Å². The van der Waals surface area contributed by atoms with Gasteiger partial charge >= 0.3 is 6.18 Å². The molecule has 2 rings (SSSR count). The Bertz CT molecular complexity index is 638. The van der Waals surface area contributed by atoms with Crippen molar-refractivity contribution < 1.29 is 13.2 Å². The maximum absolute atomic E-state index is 12.9. The third kappa shape index (κ3) is 3.89. The van der Waals surface area contributed by atoms with Crippen LogP contribution in [0.2, 0.25) is 5.02 Å². The molecule has 7 heteroatoms. The lowest BCUT2D eigenvalue weighted by atomic mass is 10.1. The molecule has 1 heterocycles. The lowest BCUT2D eigenvalue weighted by Gasteiger charge is -2.11. The van der Waals surface area contributed by atoms with Crippen molar-refractivity contribution in [3.8, 4) is 0 Å². The summed E-state index contributed by atoms with van der Waals surface area (Å²) in [6, 6.07) is 3.97. The highest BCUT2D eigenvalue weighted by atomic mass is 35.5. The van der Waals surface area contributed by atoms with Crippen LogP contribution >= 0.6 is 22.9 Å². The number of hydrogen-bond acceptors (Lipinski definition) is 3. The quantitative estimate of drug-likeness (QED) is 0.860. The molecule has 1 aromatic carbocycles. The zero-order valence-corrected chi connectivity index (χ0v) is 12.9. The molecule has 1 aromatic heterocycles. The van der Waals surface area contributed by atoms with E-state index < -0.39 is 11.7 Å². The highest BCUT2D eigenvalue weighted by Gasteiger charge is 2.33. The first kappa shape index (κ1) is 16.1. The topological polar surface area (TPSA) is 38.9 Å². The molecule has 2 N–H and O–H groups in total. The molecule has 0 aliphatic carbocycles. The summed E-state index contributed by atoms with van der Waals surface area (Å²) in [5.41, 5.74) is 6.30. The third-order valence-electron chi connectivity index (χ3n) is 2.98. The number of nitrogens with zero attached hydrogens (tertiary/aromatic N) is 1. The highest BCUT2D eigenvalue weighted by molar-refractivity contribution is 7.15. The number of benzene rings is 1. The number of thiazole rings is 1. The van der Waals surface area contributed by atoms with E-state index in [-0.39, 0.29) is 5.02 Å². The summed E-state index contributed by atoms with van der Waals surface area (Å²) >= 11 is 6.94. The number of anilines is 1. The first-order valence-corrected chi connectivity index (χ1v) is 7.60. The van der Waals surface area contributed by atoms with Crippen LogP contribution in [0.25, 0.3) is 0 Å². The van der Waals surface area contributed by atoms with Crippen molar-refractivity contribution in [2.75, 3.05) is 5.73 Å². The predicted octanol–water partition coefficient (Wildman–Crippen LogP) is 4.94. The highest BCUT2D eigenvalue weighted by Crippen LogP contribution is 2.36. The summed E-state index contributed by atoms with van der Waals surface area (Å²) in [6.45, 7) is 2.02. The van der Waals surface area contributed by atoms with E-state index in [1.54, 1.807) is 6.07 Å². The van der Waals surface area contributed by atoms with Crippen molar-refractivity contribution in [3.05, 3.63) is 44.9 Å². The molecule has 0 radical (unpaired) electrons. The van der Waals surface area contributed by atoms with Gasteiger partial charge in [-0.25, -0.2) is 4.98 Å². The van der Waals surface area contributed by atoms with Gasteiger partial charge in [0, 0.05) is 11.3 Å². The van der Waals surface area contributed by atoms with Gasteiger partial charge in [-0.1, -0.05) is 31.0 Å². The minimum Gasteiger partial charge on any atom is -0.375 e. The van der Waals surface area contributed by atoms with Crippen LogP contribution in [-0.2, 0) is 19.0 Å². The number of hydrogen-bond donors (Lipinski definition) is 1.